The molecule has 0 saturated heterocycles. The second-order valence-electron chi connectivity index (χ2n) is 13.4. The van der Waals surface area contributed by atoms with Gasteiger partial charge in [-0.2, -0.15) is 20.7 Å². The van der Waals surface area contributed by atoms with Gasteiger partial charge in [0.1, 0.15) is 12.1 Å². The SMILES string of the molecule is BrCc1ccccc1.N#Cc1ccccc1N(Cc1ccccc1)N=C(c1ccccc1)c1ccccc1.N#Cc1ccccc1NN=C(c1ccccc1)c1ccccc1. The average molecular weight is 856 g/mol. The van der Waals surface area contributed by atoms with Gasteiger partial charge in [-0.15, -0.1) is 0 Å². The van der Waals surface area contributed by atoms with Crippen molar-refractivity contribution in [3.63, 3.8) is 0 Å². The number of para-hydroxylation sites is 2. The van der Waals surface area contributed by atoms with Crippen LogP contribution in [0.3, 0.4) is 0 Å². The number of nitriles is 2. The Morgan fingerprint density at radius 1 is 0.443 bits per heavy atom. The largest absolute Gasteiger partial charge is 0.277 e. The summed E-state index contributed by atoms with van der Waals surface area (Å²) in [6.07, 6.45) is 0. The molecule has 0 radical (unpaired) electrons. The second kappa shape index (κ2) is 23.5. The maximum absolute atomic E-state index is 9.68. The number of nitrogens with one attached hydrogen (secondary N) is 1. The topological polar surface area (TPSA) is 87.6 Å². The third kappa shape index (κ3) is 12.8. The monoisotopic (exact) mass is 854 g/mol. The first-order chi connectivity index (χ1) is 30.2. The quantitative estimate of drug-likeness (QED) is 0.0797. The van der Waals surface area contributed by atoms with Crippen LogP contribution in [0.15, 0.2) is 241 Å². The molecule has 0 heterocycles. The number of anilines is 2. The van der Waals surface area contributed by atoms with E-state index < -0.39 is 0 Å². The van der Waals surface area contributed by atoms with Crippen LogP contribution in [0.5, 0.6) is 0 Å². The Morgan fingerprint density at radius 2 is 0.820 bits per heavy atom. The maximum atomic E-state index is 9.68. The molecule has 0 saturated carbocycles. The summed E-state index contributed by atoms with van der Waals surface area (Å²) < 4.78 is 0. The van der Waals surface area contributed by atoms with E-state index in [2.05, 4.69) is 87.1 Å². The fraction of sp³-hybridized carbons (Fsp3) is 0.0370. The van der Waals surface area contributed by atoms with Crippen molar-refractivity contribution in [2.24, 2.45) is 10.2 Å². The minimum Gasteiger partial charge on any atom is -0.277 e. The first kappa shape index (κ1) is 42.8. The molecule has 0 aliphatic rings. The molecular formula is C54H43BrN6. The number of benzene rings is 8. The highest BCUT2D eigenvalue weighted by Crippen LogP contribution is 2.24. The number of hydrogen-bond acceptors (Lipinski definition) is 6. The van der Waals surface area contributed by atoms with Crippen molar-refractivity contribution in [1.82, 2.24) is 0 Å². The van der Waals surface area contributed by atoms with E-state index in [-0.39, 0.29) is 0 Å². The average Bonchev–Trinajstić information content (AvgIpc) is 3.35. The predicted octanol–water partition coefficient (Wildman–Crippen LogP) is 13.0. The maximum Gasteiger partial charge on any atom is 0.101 e. The molecule has 0 aromatic heterocycles. The van der Waals surface area contributed by atoms with Crippen LogP contribution in [0.1, 0.15) is 44.5 Å². The van der Waals surface area contributed by atoms with E-state index >= 15 is 0 Å². The zero-order valence-electron chi connectivity index (χ0n) is 33.5. The van der Waals surface area contributed by atoms with Gasteiger partial charge in [0.15, 0.2) is 0 Å². The van der Waals surface area contributed by atoms with Crippen LogP contribution in [0.2, 0.25) is 0 Å². The third-order valence-electron chi connectivity index (χ3n) is 9.22. The van der Waals surface area contributed by atoms with Crippen LogP contribution >= 0.6 is 15.9 Å². The van der Waals surface area contributed by atoms with Crippen molar-refractivity contribution in [3.05, 3.63) is 275 Å². The Hall–Kier alpha value is -7.84. The lowest BCUT2D eigenvalue weighted by atomic mass is 10.0. The zero-order chi connectivity index (χ0) is 42.3. The van der Waals surface area contributed by atoms with E-state index in [1.54, 1.807) is 6.07 Å². The Kier molecular flexibility index (Phi) is 16.5. The van der Waals surface area contributed by atoms with E-state index in [0.717, 1.165) is 50.3 Å². The van der Waals surface area contributed by atoms with Gasteiger partial charge in [0, 0.05) is 27.6 Å². The van der Waals surface area contributed by atoms with Crippen molar-refractivity contribution in [2.45, 2.75) is 11.9 Å². The normalized spacial score (nSPS) is 9.82. The molecule has 296 valence electrons. The molecule has 0 unspecified atom stereocenters. The van der Waals surface area contributed by atoms with Crippen LogP contribution in [0.4, 0.5) is 11.4 Å². The van der Waals surface area contributed by atoms with Crippen molar-refractivity contribution in [1.29, 1.82) is 10.5 Å². The van der Waals surface area contributed by atoms with E-state index in [9.17, 15) is 10.5 Å². The molecule has 0 amide bonds. The van der Waals surface area contributed by atoms with Crippen LogP contribution in [0, 0.1) is 22.7 Å². The molecule has 8 rings (SSSR count). The number of hydrogen-bond donors (Lipinski definition) is 1. The second-order valence-corrected chi connectivity index (χ2v) is 14.0. The first-order valence-corrected chi connectivity index (χ1v) is 20.8. The molecule has 0 aliphatic carbocycles. The minimum atomic E-state index is 0.558. The fourth-order valence-corrected chi connectivity index (χ4v) is 6.54. The molecule has 7 heteroatoms. The Balaban J connectivity index is 0.000000177. The third-order valence-corrected chi connectivity index (χ3v) is 9.87. The van der Waals surface area contributed by atoms with E-state index in [1.165, 1.54) is 5.56 Å². The Labute approximate surface area is 367 Å². The molecule has 0 aliphatic heterocycles. The van der Waals surface area contributed by atoms with Gasteiger partial charge in [-0.1, -0.05) is 222 Å². The summed E-state index contributed by atoms with van der Waals surface area (Å²) in [6.45, 7) is 0.558. The van der Waals surface area contributed by atoms with E-state index in [0.29, 0.717) is 23.4 Å². The van der Waals surface area contributed by atoms with Gasteiger partial charge < -0.3 is 0 Å². The lowest BCUT2D eigenvalue weighted by Gasteiger charge is -2.22. The predicted molar refractivity (Wildman–Crippen MR) is 255 cm³/mol. The number of halogens is 1. The lowest BCUT2D eigenvalue weighted by Crippen LogP contribution is -2.20. The molecule has 0 fully saturated rings. The number of rotatable bonds is 11. The van der Waals surface area contributed by atoms with Gasteiger partial charge in [0.05, 0.1) is 40.5 Å². The Bertz CT molecular complexity index is 2590. The smallest absolute Gasteiger partial charge is 0.101 e. The van der Waals surface area contributed by atoms with Gasteiger partial charge in [-0.05, 0) is 35.4 Å². The lowest BCUT2D eigenvalue weighted by molar-refractivity contribution is 0.853. The molecule has 8 aromatic carbocycles. The summed E-state index contributed by atoms with van der Waals surface area (Å²) in [5.41, 5.74) is 13.9. The Morgan fingerprint density at radius 3 is 1.26 bits per heavy atom. The van der Waals surface area contributed by atoms with Gasteiger partial charge in [0.25, 0.3) is 0 Å². The minimum absolute atomic E-state index is 0.558. The van der Waals surface area contributed by atoms with Crippen molar-refractivity contribution in [3.8, 4) is 12.1 Å². The van der Waals surface area contributed by atoms with Gasteiger partial charge in [-0.3, -0.25) is 10.4 Å². The molecule has 6 nitrogen and oxygen atoms in total. The highest BCUT2D eigenvalue weighted by Gasteiger charge is 2.15. The molecule has 0 spiro atoms. The molecule has 0 bridgehead atoms. The molecule has 8 aromatic rings. The van der Waals surface area contributed by atoms with Crippen LogP contribution in [0.25, 0.3) is 0 Å². The van der Waals surface area contributed by atoms with Gasteiger partial charge in [0.2, 0.25) is 0 Å². The first-order valence-electron chi connectivity index (χ1n) is 19.7. The molecule has 61 heavy (non-hydrogen) atoms. The van der Waals surface area contributed by atoms with Crippen molar-refractivity contribution >= 4 is 38.7 Å². The highest BCUT2D eigenvalue weighted by atomic mass is 79.9. The van der Waals surface area contributed by atoms with E-state index in [4.69, 9.17) is 5.10 Å². The molecule has 1 N–H and O–H groups in total. The van der Waals surface area contributed by atoms with Gasteiger partial charge >= 0.3 is 0 Å². The summed E-state index contributed by atoms with van der Waals surface area (Å²) in [5.74, 6) is 0. The summed E-state index contributed by atoms with van der Waals surface area (Å²) in [5, 5.41) is 31.4. The number of nitrogens with zero attached hydrogens (tertiary/aromatic N) is 5. The zero-order valence-corrected chi connectivity index (χ0v) is 35.1. The fourth-order valence-electron chi connectivity index (χ4n) is 6.17. The number of hydrazone groups is 2. The van der Waals surface area contributed by atoms with Crippen LogP contribution in [-0.2, 0) is 11.9 Å². The van der Waals surface area contributed by atoms with Crippen LogP contribution in [-0.4, -0.2) is 11.4 Å². The van der Waals surface area contributed by atoms with E-state index in [1.807, 2.05) is 181 Å². The van der Waals surface area contributed by atoms with Crippen molar-refractivity contribution < 1.29 is 0 Å². The highest BCUT2D eigenvalue weighted by molar-refractivity contribution is 9.08. The van der Waals surface area contributed by atoms with Crippen LogP contribution < -0.4 is 10.4 Å². The standard InChI is InChI=1S/C27H21N3.C20H15N3.C7H7Br/c28-20-25-18-10-11-19-26(25)30(21-22-12-4-1-5-13-22)29-27(23-14-6-2-7-15-23)24-16-8-3-9-17-24;21-15-18-13-7-8-14-19(18)22-23-20(16-9-3-1-4-10-16)17-11-5-2-6-12-17;8-6-7-4-2-1-3-5-7/h1-19H,21H2;1-14,22H;1-5H,6H2. The summed E-state index contributed by atoms with van der Waals surface area (Å²) in [6, 6.07) is 80.1. The molecular weight excluding hydrogens is 813 g/mol. The summed E-state index contributed by atoms with van der Waals surface area (Å²) in [7, 11) is 0. The summed E-state index contributed by atoms with van der Waals surface area (Å²) in [4.78, 5) is 0. The molecule has 0 atom stereocenters. The van der Waals surface area contributed by atoms with Crippen molar-refractivity contribution in [2.75, 3.05) is 10.4 Å². The van der Waals surface area contributed by atoms with Gasteiger partial charge in [-0.25, -0.2) is 0 Å². The summed E-state index contributed by atoms with van der Waals surface area (Å²) >= 11 is 3.36. The number of alkyl halides is 1.